The second-order valence-electron chi connectivity index (χ2n) is 7.65. The highest BCUT2D eigenvalue weighted by atomic mass is 32.2. The number of hydrogen-bond acceptors (Lipinski definition) is 6. The molecule has 0 radical (unpaired) electrons. The van der Waals surface area contributed by atoms with E-state index in [-0.39, 0.29) is 23.2 Å². The Hall–Kier alpha value is -3.07. The Kier molecular flexibility index (Phi) is 4.43. The summed E-state index contributed by atoms with van der Waals surface area (Å²) in [5.41, 5.74) is 1.04. The number of amides is 1. The summed E-state index contributed by atoms with van der Waals surface area (Å²) in [5, 5.41) is 2.77. The number of nitrogens with zero attached hydrogens (tertiary/aromatic N) is 1. The molecule has 0 saturated heterocycles. The summed E-state index contributed by atoms with van der Waals surface area (Å²) >= 11 is 0. The zero-order valence-corrected chi connectivity index (χ0v) is 17.0. The topological polar surface area (TPSA) is 106 Å². The van der Waals surface area contributed by atoms with Crippen LogP contribution in [0.25, 0.3) is 0 Å². The van der Waals surface area contributed by atoms with Gasteiger partial charge in [-0.15, -0.1) is 0 Å². The van der Waals surface area contributed by atoms with Crippen LogP contribution < -0.4 is 19.5 Å². The number of aliphatic imine (C=N–C) groups is 1. The Morgan fingerprint density at radius 1 is 1.07 bits per heavy atom. The fourth-order valence-corrected chi connectivity index (χ4v) is 5.32. The molecule has 30 heavy (non-hydrogen) atoms. The largest absolute Gasteiger partial charge is 0.448 e. The minimum absolute atomic E-state index is 0.163. The van der Waals surface area contributed by atoms with Crippen molar-refractivity contribution in [3.63, 3.8) is 0 Å². The summed E-state index contributed by atoms with van der Waals surface area (Å²) < 4.78 is 38.7. The average Bonchev–Trinajstić information content (AvgIpc) is 3.20. The van der Waals surface area contributed by atoms with E-state index in [9.17, 15) is 13.2 Å². The van der Waals surface area contributed by atoms with E-state index < -0.39 is 15.8 Å². The van der Waals surface area contributed by atoms with E-state index in [1.165, 1.54) is 12.5 Å². The van der Waals surface area contributed by atoms with E-state index in [1.807, 2.05) is 0 Å². The lowest BCUT2D eigenvalue weighted by Gasteiger charge is -2.31. The molecule has 0 atom stereocenters. The lowest BCUT2D eigenvalue weighted by atomic mass is 9.94. The Morgan fingerprint density at radius 3 is 2.67 bits per heavy atom. The number of benzene rings is 2. The highest BCUT2D eigenvalue weighted by molar-refractivity contribution is 7.90. The van der Waals surface area contributed by atoms with E-state index in [2.05, 4.69) is 15.0 Å². The molecule has 2 aliphatic heterocycles. The van der Waals surface area contributed by atoms with Gasteiger partial charge >= 0.3 is 0 Å². The van der Waals surface area contributed by atoms with Crippen LogP contribution in [0.4, 0.5) is 5.69 Å². The molecule has 1 amide bonds. The molecular weight excluding hydrogens is 406 g/mol. The maximum atomic E-state index is 12.4. The van der Waals surface area contributed by atoms with Crippen molar-refractivity contribution in [1.29, 1.82) is 0 Å². The van der Waals surface area contributed by atoms with E-state index in [1.54, 1.807) is 36.4 Å². The van der Waals surface area contributed by atoms with Gasteiger partial charge in [0.05, 0.1) is 4.90 Å². The van der Waals surface area contributed by atoms with Gasteiger partial charge < -0.3 is 14.8 Å². The third-order valence-corrected chi connectivity index (χ3v) is 6.88. The minimum atomic E-state index is -3.63. The number of sulfonamides is 1. The Balaban J connectivity index is 1.27. The SMILES string of the molecule is O=C(CN=C1NS(=O)(=O)c2ccccc21)Nc1ccc2c(c1)OC1(CCCCC1)O2. The van der Waals surface area contributed by atoms with Crippen LogP contribution in [0.2, 0.25) is 0 Å². The smallest absolute Gasteiger partial charge is 0.263 e. The highest BCUT2D eigenvalue weighted by Crippen LogP contribution is 2.46. The fourth-order valence-electron chi connectivity index (χ4n) is 4.07. The number of hydrogen-bond donors (Lipinski definition) is 2. The first kappa shape index (κ1) is 18.9. The first-order chi connectivity index (χ1) is 14.4. The van der Waals surface area contributed by atoms with Crippen LogP contribution in [0.1, 0.15) is 37.7 Å². The molecule has 2 aromatic rings. The molecule has 1 saturated carbocycles. The molecule has 5 rings (SSSR count). The molecule has 2 aromatic carbocycles. The van der Waals surface area contributed by atoms with Crippen LogP contribution in [-0.2, 0) is 14.8 Å². The standard InChI is InChI=1S/C21H21N3O5S/c25-19(13-22-20-15-6-2-3-7-18(15)30(26,27)24-20)23-14-8-9-16-17(12-14)29-21(28-16)10-4-1-5-11-21/h2-3,6-9,12H,1,4-5,10-11,13H2,(H,22,24)(H,23,25). The van der Waals surface area contributed by atoms with Gasteiger partial charge in [-0.3, -0.25) is 14.5 Å². The van der Waals surface area contributed by atoms with E-state index in [0.717, 1.165) is 25.7 Å². The van der Waals surface area contributed by atoms with Gasteiger partial charge in [-0.25, -0.2) is 8.42 Å². The van der Waals surface area contributed by atoms with Gasteiger partial charge in [0, 0.05) is 30.2 Å². The highest BCUT2D eigenvalue weighted by Gasteiger charge is 2.42. The van der Waals surface area contributed by atoms with Crippen LogP contribution >= 0.6 is 0 Å². The summed E-state index contributed by atoms with van der Waals surface area (Å²) in [6.07, 6.45) is 5.06. The van der Waals surface area contributed by atoms with Gasteiger partial charge in [0.1, 0.15) is 12.4 Å². The summed E-state index contributed by atoms with van der Waals surface area (Å²) in [4.78, 5) is 16.7. The van der Waals surface area contributed by atoms with Gasteiger partial charge in [-0.1, -0.05) is 18.6 Å². The molecular formula is C21H21N3O5S. The van der Waals surface area contributed by atoms with Gasteiger partial charge in [-0.2, -0.15) is 0 Å². The number of carbonyl (C=O) groups excluding carboxylic acids is 1. The molecule has 1 spiro atoms. The molecule has 9 heteroatoms. The number of nitrogens with one attached hydrogen (secondary N) is 2. The molecule has 1 aliphatic carbocycles. The van der Waals surface area contributed by atoms with Crippen molar-refractivity contribution in [2.45, 2.75) is 42.8 Å². The van der Waals surface area contributed by atoms with Crippen molar-refractivity contribution < 1.29 is 22.7 Å². The van der Waals surface area contributed by atoms with Crippen LogP contribution in [0.3, 0.4) is 0 Å². The van der Waals surface area contributed by atoms with Crippen molar-refractivity contribution in [2.75, 3.05) is 11.9 Å². The van der Waals surface area contributed by atoms with Gasteiger partial charge in [0.2, 0.25) is 5.91 Å². The normalized spacial score (nSPS) is 21.3. The summed E-state index contributed by atoms with van der Waals surface area (Å²) in [5.74, 6) is 0.552. The first-order valence-corrected chi connectivity index (χ1v) is 11.4. The average molecular weight is 427 g/mol. The van der Waals surface area contributed by atoms with Crippen molar-refractivity contribution in [3.05, 3.63) is 48.0 Å². The number of amidine groups is 1. The van der Waals surface area contributed by atoms with E-state index in [0.29, 0.717) is 22.7 Å². The fraction of sp³-hybridized carbons (Fsp3) is 0.333. The molecule has 156 valence electrons. The Bertz CT molecular complexity index is 1150. The van der Waals surface area contributed by atoms with Crippen molar-refractivity contribution in [3.8, 4) is 11.5 Å². The number of ether oxygens (including phenoxy) is 2. The molecule has 8 nitrogen and oxygen atoms in total. The van der Waals surface area contributed by atoms with Crippen molar-refractivity contribution in [2.24, 2.45) is 4.99 Å². The summed E-state index contributed by atoms with van der Waals surface area (Å²) in [6, 6.07) is 11.8. The summed E-state index contributed by atoms with van der Waals surface area (Å²) in [6.45, 7) is -0.218. The zero-order chi connectivity index (χ0) is 20.8. The van der Waals surface area contributed by atoms with Gasteiger partial charge in [0.15, 0.2) is 11.5 Å². The van der Waals surface area contributed by atoms with E-state index in [4.69, 9.17) is 9.47 Å². The maximum Gasteiger partial charge on any atom is 0.263 e. The number of anilines is 1. The van der Waals surface area contributed by atoms with Crippen LogP contribution in [0.15, 0.2) is 52.4 Å². The van der Waals surface area contributed by atoms with Crippen LogP contribution in [0.5, 0.6) is 11.5 Å². The Morgan fingerprint density at radius 2 is 1.83 bits per heavy atom. The number of carbonyl (C=O) groups is 1. The molecule has 3 aliphatic rings. The van der Waals surface area contributed by atoms with E-state index >= 15 is 0 Å². The first-order valence-electron chi connectivity index (χ1n) is 9.93. The molecule has 0 unspecified atom stereocenters. The molecule has 0 bridgehead atoms. The third kappa shape index (κ3) is 3.39. The second-order valence-corrected chi connectivity index (χ2v) is 9.30. The molecule has 2 N–H and O–H groups in total. The Labute approximate surface area is 174 Å². The second kappa shape index (κ2) is 7.02. The van der Waals surface area contributed by atoms with Crippen molar-refractivity contribution in [1.82, 2.24) is 4.72 Å². The predicted molar refractivity (Wildman–Crippen MR) is 110 cm³/mol. The third-order valence-electron chi connectivity index (χ3n) is 5.48. The lowest BCUT2D eigenvalue weighted by molar-refractivity contribution is -0.114. The minimum Gasteiger partial charge on any atom is -0.448 e. The van der Waals surface area contributed by atoms with Crippen molar-refractivity contribution >= 4 is 27.5 Å². The molecule has 2 heterocycles. The number of rotatable bonds is 3. The lowest BCUT2D eigenvalue weighted by Crippen LogP contribution is -2.40. The number of fused-ring (bicyclic) bond motifs is 2. The monoisotopic (exact) mass is 427 g/mol. The maximum absolute atomic E-state index is 12.4. The van der Waals surface area contributed by atoms with Crippen LogP contribution in [0, 0.1) is 0 Å². The zero-order valence-electron chi connectivity index (χ0n) is 16.2. The van der Waals surface area contributed by atoms with Crippen LogP contribution in [-0.4, -0.2) is 32.5 Å². The van der Waals surface area contributed by atoms with Gasteiger partial charge in [-0.05, 0) is 37.1 Å². The molecule has 1 fully saturated rings. The predicted octanol–water partition coefficient (Wildman–Crippen LogP) is 2.80. The quantitative estimate of drug-likeness (QED) is 0.784. The van der Waals surface area contributed by atoms with Gasteiger partial charge in [0.25, 0.3) is 15.8 Å². The molecule has 0 aromatic heterocycles. The summed E-state index contributed by atoms with van der Waals surface area (Å²) in [7, 11) is -3.63.